The van der Waals surface area contributed by atoms with Crippen LogP contribution in [0.5, 0.6) is 0 Å². The van der Waals surface area contributed by atoms with Gasteiger partial charge >= 0.3 is 0 Å². The molecule has 0 saturated carbocycles. The number of aryl methyl sites for hydroxylation is 2. The highest BCUT2D eigenvalue weighted by molar-refractivity contribution is 7.99. The fourth-order valence-corrected chi connectivity index (χ4v) is 2.53. The largest absolute Gasteiger partial charge is 0.398 e. The van der Waals surface area contributed by atoms with Crippen molar-refractivity contribution in [2.45, 2.75) is 18.2 Å². The van der Waals surface area contributed by atoms with Crippen LogP contribution in [0.25, 0.3) is 0 Å². The van der Waals surface area contributed by atoms with Crippen LogP contribution in [0.15, 0.2) is 47.5 Å². The molecule has 1 aromatic heterocycles. The fraction of sp³-hybridized carbons (Fsp3) is 0.214. The minimum Gasteiger partial charge on any atom is -0.398 e. The Morgan fingerprint density at radius 3 is 2.82 bits per heavy atom. The fourth-order valence-electron chi connectivity index (χ4n) is 1.61. The molecule has 0 fully saturated rings. The van der Waals surface area contributed by atoms with Crippen molar-refractivity contribution in [2.24, 2.45) is 0 Å². The molecule has 0 aliphatic heterocycles. The molecule has 2 N–H and O–H groups in total. The summed E-state index contributed by atoms with van der Waals surface area (Å²) in [5, 5.41) is 0. The number of aromatic nitrogens is 1. The van der Waals surface area contributed by atoms with Crippen LogP contribution in [0, 0.1) is 6.92 Å². The molecule has 2 nitrogen and oxygen atoms in total. The maximum atomic E-state index is 5.96. The van der Waals surface area contributed by atoms with Crippen molar-refractivity contribution < 1.29 is 0 Å². The van der Waals surface area contributed by atoms with E-state index >= 15 is 0 Å². The molecule has 0 aliphatic rings. The highest BCUT2D eigenvalue weighted by Gasteiger charge is 2.00. The summed E-state index contributed by atoms with van der Waals surface area (Å²) in [6.45, 7) is 2.05. The zero-order chi connectivity index (χ0) is 12.1. The Kier molecular flexibility index (Phi) is 4.04. The number of hydrogen-bond donors (Lipinski definition) is 1. The number of nitrogens with zero attached hydrogens (tertiary/aromatic N) is 1. The lowest BCUT2D eigenvalue weighted by atomic mass is 10.2. The van der Waals surface area contributed by atoms with Crippen molar-refractivity contribution in [3.8, 4) is 0 Å². The number of anilines is 1. The van der Waals surface area contributed by atoms with Crippen LogP contribution in [0.1, 0.15) is 11.3 Å². The zero-order valence-corrected chi connectivity index (χ0v) is 10.7. The number of nitrogens with two attached hydrogens (primary N) is 1. The first-order valence-electron chi connectivity index (χ1n) is 5.64. The monoisotopic (exact) mass is 244 g/mol. The van der Waals surface area contributed by atoms with Gasteiger partial charge in [-0.3, -0.25) is 4.98 Å². The van der Waals surface area contributed by atoms with Crippen LogP contribution < -0.4 is 5.73 Å². The zero-order valence-electron chi connectivity index (χ0n) is 9.89. The summed E-state index contributed by atoms with van der Waals surface area (Å²) in [5.41, 5.74) is 9.17. The summed E-state index contributed by atoms with van der Waals surface area (Å²) in [7, 11) is 0. The molecule has 0 spiro atoms. The van der Waals surface area contributed by atoms with E-state index in [1.165, 1.54) is 5.56 Å². The Balaban J connectivity index is 1.90. The number of thioether (sulfide) groups is 1. The quantitative estimate of drug-likeness (QED) is 0.662. The molecule has 0 radical (unpaired) electrons. The number of pyridine rings is 1. The first-order valence-corrected chi connectivity index (χ1v) is 6.63. The maximum Gasteiger partial charge on any atom is 0.0454 e. The van der Waals surface area contributed by atoms with E-state index in [0.717, 1.165) is 28.5 Å². The van der Waals surface area contributed by atoms with Crippen LogP contribution in [0.3, 0.4) is 0 Å². The summed E-state index contributed by atoms with van der Waals surface area (Å²) in [4.78, 5) is 5.46. The number of benzene rings is 1. The van der Waals surface area contributed by atoms with Gasteiger partial charge in [0.25, 0.3) is 0 Å². The lowest BCUT2D eigenvalue weighted by Crippen LogP contribution is -1.94. The van der Waals surface area contributed by atoms with Crippen molar-refractivity contribution >= 4 is 17.4 Å². The van der Waals surface area contributed by atoms with Gasteiger partial charge < -0.3 is 5.73 Å². The number of rotatable bonds is 4. The standard InChI is InChI=1S/C14H16N2S/c1-11-5-6-14(13(15)10-11)17-9-7-12-4-2-3-8-16-12/h2-6,8,10H,7,9,15H2,1H3. The minimum absolute atomic E-state index is 0.871. The van der Waals surface area contributed by atoms with E-state index in [9.17, 15) is 0 Å². The second-order valence-corrected chi connectivity index (χ2v) is 5.10. The molecule has 1 heterocycles. The highest BCUT2D eigenvalue weighted by Crippen LogP contribution is 2.26. The molecule has 17 heavy (non-hydrogen) atoms. The summed E-state index contributed by atoms with van der Waals surface area (Å²) < 4.78 is 0. The van der Waals surface area contributed by atoms with Gasteiger partial charge in [-0.25, -0.2) is 0 Å². The molecular formula is C14H16N2S. The highest BCUT2D eigenvalue weighted by atomic mass is 32.2. The second kappa shape index (κ2) is 5.73. The third-order valence-electron chi connectivity index (χ3n) is 2.51. The minimum atomic E-state index is 0.871. The van der Waals surface area contributed by atoms with Crippen molar-refractivity contribution in [2.75, 3.05) is 11.5 Å². The van der Waals surface area contributed by atoms with Crippen LogP contribution in [0.2, 0.25) is 0 Å². The SMILES string of the molecule is Cc1ccc(SCCc2ccccn2)c(N)c1. The topological polar surface area (TPSA) is 38.9 Å². The van der Waals surface area contributed by atoms with Crippen molar-refractivity contribution in [1.29, 1.82) is 0 Å². The van der Waals surface area contributed by atoms with Crippen LogP contribution in [0.4, 0.5) is 5.69 Å². The van der Waals surface area contributed by atoms with E-state index in [1.807, 2.05) is 24.4 Å². The van der Waals surface area contributed by atoms with E-state index in [2.05, 4.69) is 30.1 Å². The average molecular weight is 244 g/mol. The normalized spacial score (nSPS) is 10.4. The van der Waals surface area contributed by atoms with E-state index in [-0.39, 0.29) is 0 Å². The van der Waals surface area contributed by atoms with Gasteiger partial charge in [0.1, 0.15) is 0 Å². The molecule has 0 bridgehead atoms. The Morgan fingerprint density at radius 2 is 2.12 bits per heavy atom. The lowest BCUT2D eigenvalue weighted by Gasteiger charge is -2.06. The van der Waals surface area contributed by atoms with Crippen LogP contribution in [-0.4, -0.2) is 10.7 Å². The van der Waals surface area contributed by atoms with Gasteiger partial charge in [0.2, 0.25) is 0 Å². The molecule has 0 saturated heterocycles. The Hall–Kier alpha value is -1.48. The summed E-state index contributed by atoms with van der Waals surface area (Å²) in [6.07, 6.45) is 2.80. The third kappa shape index (κ3) is 3.49. The Labute approximate surface area is 106 Å². The van der Waals surface area contributed by atoms with Gasteiger partial charge in [-0.15, -0.1) is 11.8 Å². The Morgan fingerprint density at radius 1 is 1.24 bits per heavy atom. The molecule has 3 heteroatoms. The molecule has 0 atom stereocenters. The van der Waals surface area contributed by atoms with E-state index in [0.29, 0.717) is 0 Å². The van der Waals surface area contributed by atoms with Gasteiger partial charge in [0.15, 0.2) is 0 Å². The van der Waals surface area contributed by atoms with Crippen LogP contribution in [-0.2, 0) is 6.42 Å². The molecular weight excluding hydrogens is 228 g/mol. The summed E-state index contributed by atoms with van der Waals surface area (Å²) in [6, 6.07) is 12.2. The third-order valence-corrected chi connectivity index (χ3v) is 3.60. The van der Waals surface area contributed by atoms with Gasteiger partial charge in [0, 0.05) is 28.2 Å². The van der Waals surface area contributed by atoms with Crippen molar-refractivity contribution in [3.63, 3.8) is 0 Å². The predicted octanol–water partition coefficient (Wildman–Crippen LogP) is 3.31. The Bertz CT molecular complexity index is 483. The van der Waals surface area contributed by atoms with Gasteiger partial charge in [-0.05, 0) is 43.2 Å². The molecule has 2 rings (SSSR count). The van der Waals surface area contributed by atoms with E-state index < -0.39 is 0 Å². The van der Waals surface area contributed by atoms with Gasteiger partial charge in [-0.2, -0.15) is 0 Å². The molecule has 0 aliphatic carbocycles. The van der Waals surface area contributed by atoms with Crippen molar-refractivity contribution in [1.82, 2.24) is 4.98 Å². The lowest BCUT2D eigenvalue weighted by molar-refractivity contribution is 1.05. The van der Waals surface area contributed by atoms with Crippen LogP contribution >= 0.6 is 11.8 Å². The smallest absolute Gasteiger partial charge is 0.0454 e. The predicted molar refractivity (Wildman–Crippen MR) is 74.3 cm³/mol. The maximum absolute atomic E-state index is 5.96. The number of nitrogen functional groups attached to an aromatic ring is 1. The molecule has 0 unspecified atom stereocenters. The first-order chi connectivity index (χ1) is 8.25. The van der Waals surface area contributed by atoms with E-state index in [4.69, 9.17) is 5.73 Å². The molecule has 1 aromatic carbocycles. The molecule has 2 aromatic rings. The van der Waals surface area contributed by atoms with E-state index in [1.54, 1.807) is 11.8 Å². The second-order valence-electron chi connectivity index (χ2n) is 3.96. The van der Waals surface area contributed by atoms with Gasteiger partial charge in [-0.1, -0.05) is 12.1 Å². The van der Waals surface area contributed by atoms with Gasteiger partial charge in [0.05, 0.1) is 0 Å². The number of hydrogen-bond acceptors (Lipinski definition) is 3. The van der Waals surface area contributed by atoms with Crippen molar-refractivity contribution in [3.05, 3.63) is 53.9 Å². The summed E-state index contributed by atoms with van der Waals surface area (Å²) >= 11 is 1.79. The molecule has 88 valence electrons. The first kappa shape index (κ1) is 12.0. The molecule has 0 amide bonds. The summed E-state index contributed by atoms with van der Waals surface area (Å²) in [5.74, 6) is 1.00. The average Bonchev–Trinajstić information content (AvgIpc) is 2.33.